The molecular formula is C19H12BrFN2. The van der Waals surface area contributed by atoms with Gasteiger partial charge in [0.15, 0.2) is 0 Å². The van der Waals surface area contributed by atoms with E-state index in [4.69, 9.17) is 0 Å². The van der Waals surface area contributed by atoms with Crippen LogP contribution in [0.1, 0.15) is 11.3 Å². The molecule has 0 atom stereocenters. The van der Waals surface area contributed by atoms with Crippen LogP contribution in [-0.2, 0) is 0 Å². The van der Waals surface area contributed by atoms with Crippen LogP contribution in [0, 0.1) is 17.1 Å². The number of halogens is 2. The molecule has 23 heavy (non-hydrogen) atoms. The lowest BCUT2D eigenvalue weighted by Crippen LogP contribution is -1.95. The molecule has 1 heterocycles. The Morgan fingerprint density at radius 2 is 1.91 bits per heavy atom. The van der Waals surface area contributed by atoms with Crippen molar-refractivity contribution in [2.45, 2.75) is 0 Å². The van der Waals surface area contributed by atoms with Crippen molar-refractivity contribution in [2.75, 3.05) is 0 Å². The summed E-state index contributed by atoms with van der Waals surface area (Å²) in [5.41, 5.74) is 2.36. The Morgan fingerprint density at radius 1 is 1.09 bits per heavy atom. The van der Waals surface area contributed by atoms with Crippen LogP contribution in [0.2, 0.25) is 0 Å². The van der Waals surface area contributed by atoms with Crippen LogP contribution >= 0.6 is 15.9 Å². The van der Waals surface area contributed by atoms with Gasteiger partial charge in [-0.15, -0.1) is 0 Å². The van der Waals surface area contributed by atoms with Gasteiger partial charge in [0.1, 0.15) is 5.82 Å². The SMILES string of the molecule is N#C/C(=C/c1cccn1-c1cccc(Br)c1)c1ccccc1F. The number of benzene rings is 2. The molecule has 1 aromatic heterocycles. The lowest BCUT2D eigenvalue weighted by Gasteiger charge is -2.08. The van der Waals surface area contributed by atoms with Crippen molar-refractivity contribution in [3.63, 3.8) is 0 Å². The largest absolute Gasteiger partial charge is 0.317 e. The van der Waals surface area contributed by atoms with Crippen molar-refractivity contribution in [2.24, 2.45) is 0 Å². The average molecular weight is 367 g/mol. The van der Waals surface area contributed by atoms with Crippen molar-refractivity contribution in [3.8, 4) is 11.8 Å². The highest BCUT2D eigenvalue weighted by molar-refractivity contribution is 9.10. The predicted octanol–water partition coefficient (Wildman–Crippen LogP) is 5.44. The topological polar surface area (TPSA) is 28.7 Å². The van der Waals surface area contributed by atoms with E-state index in [-0.39, 0.29) is 5.57 Å². The minimum Gasteiger partial charge on any atom is -0.317 e. The first-order chi connectivity index (χ1) is 11.2. The van der Waals surface area contributed by atoms with Crippen molar-refractivity contribution >= 4 is 27.6 Å². The fourth-order valence-corrected chi connectivity index (χ4v) is 2.76. The standard InChI is InChI=1S/C19H12BrFN2/c20-15-5-3-6-17(12-15)23-10-4-7-16(23)11-14(13-22)18-8-1-2-9-19(18)21/h1-12H/b14-11-. The second-order valence-electron chi connectivity index (χ2n) is 4.93. The van der Waals surface area contributed by atoms with Gasteiger partial charge >= 0.3 is 0 Å². The smallest absolute Gasteiger partial charge is 0.131 e. The summed E-state index contributed by atoms with van der Waals surface area (Å²) < 4.78 is 16.8. The average Bonchev–Trinajstić information content (AvgIpc) is 3.01. The summed E-state index contributed by atoms with van der Waals surface area (Å²) in [5.74, 6) is -0.402. The highest BCUT2D eigenvalue weighted by atomic mass is 79.9. The lowest BCUT2D eigenvalue weighted by molar-refractivity contribution is 0.624. The Balaban J connectivity index is 2.08. The molecule has 0 aliphatic rings. The number of nitriles is 1. The van der Waals surface area contributed by atoms with Crippen LogP contribution in [0.4, 0.5) is 4.39 Å². The van der Waals surface area contributed by atoms with Crippen LogP contribution < -0.4 is 0 Å². The summed E-state index contributed by atoms with van der Waals surface area (Å²) >= 11 is 3.45. The maximum atomic E-state index is 13.9. The third-order valence-electron chi connectivity index (χ3n) is 3.44. The molecule has 2 nitrogen and oxygen atoms in total. The Hall–Kier alpha value is -2.64. The zero-order chi connectivity index (χ0) is 16.2. The summed E-state index contributed by atoms with van der Waals surface area (Å²) in [7, 11) is 0. The second kappa shape index (κ2) is 6.64. The molecule has 112 valence electrons. The van der Waals surface area contributed by atoms with Gasteiger partial charge in [-0.1, -0.05) is 40.2 Å². The van der Waals surface area contributed by atoms with Gasteiger partial charge in [0.2, 0.25) is 0 Å². The molecule has 0 aliphatic heterocycles. The van der Waals surface area contributed by atoms with E-state index >= 15 is 0 Å². The van der Waals surface area contributed by atoms with Crippen molar-refractivity contribution < 1.29 is 4.39 Å². The van der Waals surface area contributed by atoms with Crippen LogP contribution in [0.25, 0.3) is 17.3 Å². The van der Waals surface area contributed by atoms with Gasteiger partial charge in [-0.25, -0.2) is 4.39 Å². The van der Waals surface area contributed by atoms with E-state index in [1.165, 1.54) is 6.07 Å². The van der Waals surface area contributed by atoms with Gasteiger partial charge in [0.05, 0.1) is 11.6 Å². The molecule has 2 aromatic carbocycles. The molecule has 0 bridgehead atoms. The minimum atomic E-state index is -0.402. The first-order valence-electron chi connectivity index (χ1n) is 6.99. The van der Waals surface area contributed by atoms with E-state index in [0.717, 1.165) is 15.9 Å². The van der Waals surface area contributed by atoms with Crippen molar-refractivity contribution in [1.82, 2.24) is 4.57 Å². The molecule has 0 fully saturated rings. The fourth-order valence-electron chi connectivity index (χ4n) is 2.37. The Labute approximate surface area is 142 Å². The van der Waals surface area contributed by atoms with E-state index in [1.807, 2.05) is 47.2 Å². The molecule has 0 aliphatic carbocycles. The van der Waals surface area contributed by atoms with E-state index in [1.54, 1.807) is 24.3 Å². The van der Waals surface area contributed by atoms with Gasteiger partial charge in [-0.3, -0.25) is 0 Å². The molecule has 3 rings (SSSR count). The molecule has 0 spiro atoms. The summed E-state index contributed by atoms with van der Waals surface area (Å²) in [4.78, 5) is 0. The molecule has 0 saturated carbocycles. The third kappa shape index (κ3) is 3.25. The zero-order valence-electron chi connectivity index (χ0n) is 12.1. The minimum absolute atomic E-state index is 0.290. The monoisotopic (exact) mass is 366 g/mol. The third-order valence-corrected chi connectivity index (χ3v) is 3.94. The van der Waals surface area contributed by atoms with Gasteiger partial charge < -0.3 is 4.57 Å². The van der Waals surface area contributed by atoms with Crippen LogP contribution in [0.3, 0.4) is 0 Å². The first kappa shape index (κ1) is 15.3. The van der Waals surface area contributed by atoms with Crippen molar-refractivity contribution in [3.05, 3.63) is 88.4 Å². The van der Waals surface area contributed by atoms with E-state index < -0.39 is 5.82 Å². The second-order valence-corrected chi connectivity index (χ2v) is 5.85. The van der Waals surface area contributed by atoms with Gasteiger partial charge in [-0.2, -0.15) is 5.26 Å². The molecule has 0 saturated heterocycles. The molecule has 0 radical (unpaired) electrons. The summed E-state index contributed by atoms with van der Waals surface area (Å²) in [6.45, 7) is 0. The molecule has 4 heteroatoms. The van der Waals surface area contributed by atoms with E-state index in [2.05, 4.69) is 22.0 Å². The highest BCUT2D eigenvalue weighted by Crippen LogP contribution is 2.23. The number of hydrogen-bond acceptors (Lipinski definition) is 1. The van der Waals surface area contributed by atoms with Crippen LogP contribution in [0.15, 0.2) is 71.3 Å². The summed E-state index contributed by atoms with van der Waals surface area (Å²) in [6, 6.07) is 20.0. The van der Waals surface area contributed by atoms with Gasteiger partial charge in [0, 0.05) is 27.6 Å². The van der Waals surface area contributed by atoms with Gasteiger partial charge in [0.25, 0.3) is 0 Å². The number of aromatic nitrogens is 1. The highest BCUT2D eigenvalue weighted by Gasteiger charge is 2.09. The van der Waals surface area contributed by atoms with Crippen LogP contribution in [-0.4, -0.2) is 4.57 Å². The van der Waals surface area contributed by atoms with E-state index in [0.29, 0.717) is 5.56 Å². The Morgan fingerprint density at radius 3 is 2.65 bits per heavy atom. The first-order valence-corrected chi connectivity index (χ1v) is 7.78. The normalized spacial score (nSPS) is 11.3. The fraction of sp³-hybridized carbons (Fsp3) is 0. The Kier molecular flexibility index (Phi) is 4.40. The maximum Gasteiger partial charge on any atom is 0.131 e. The quantitative estimate of drug-likeness (QED) is 0.567. The molecule has 3 aromatic rings. The zero-order valence-corrected chi connectivity index (χ0v) is 13.7. The maximum absolute atomic E-state index is 13.9. The number of nitrogens with zero attached hydrogens (tertiary/aromatic N) is 2. The molecule has 0 amide bonds. The lowest BCUT2D eigenvalue weighted by atomic mass is 10.1. The predicted molar refractivity (Wildman–Crippen MR) is 93.4 cm³/mol. The molecular weight excluding hydrogens is 355 g/mol. The molecule has 0 N–H and O–H groups in total. The molecule has 0 unspecified atom stereocenters. The number of allylic oxidation sites excluding steroid dienone is 1. The number of hydrogen-bond donors (Lipinski definition) is 0. The van der Waals surface area contributed by atoms with E-state index in [9.17, 15) is 9.65 Å². The van der Waals surface area contributed by atoms with Gasteiger partial charge in [-0.05, 0) is 42.5 Å². The van der Waals surface area contributed by atoms with Crippen molar-refractivity contribution in [1.29, 1.82) is 5.26 Å². The summed E-state index contributed by atoms with van der Waals surface area (Å²) in [5, 5.41) is 9.41. The van der Waals surface area contributed by atoms with Crippen LogP contribution in [0.5, 0.6) is 0 Å². The summed E-state index contributed by atoms with van der Waals surface area (Å²) in [6.07, 6.45) is 3.60. The Bertz CT molecular complexity index is 919. The number of rotatable bonds is 3.